The number of hydrogen-bond acceptors (Lipinski definition) is 3. The minimum Gasteiger partial charge on any atom is -0.368 e. The number of anilines is 1. The Bertz CT molecular complexity index is 643. The van der Waals surface area contributed by atoms with E-state index in [1.54, 1.807) is 42.1 Å². The molecule has 1 aromatic carbocycles. The summed E-state index contributed by atoms with van der Waals surface area (Å²) in [5.41, 5.74) is 0.700. The lowest BCUT2D eigenvalue weighted by atomic mass is 10.2. The van der Waals surface area contributed by atoms with Crippen molar-refractivity contribution in [2.75, 3.05) is 11.9 Å². The molecule has 0 aliphatic heterocycles. The monoisotopic (exact) mass is 262 g/mol. The van der Waals surface area contributed by atoms with E-state index < -0.39 is 11.6 Å². The van der Waals surface area contributed by atoms with Crippen LogP contribution in [0.1, 0.15) is 11.1 Å². The normalized spacial score (nSPS) is 10.3. The van der Waals surface area contributed by atoms with Crippen LogP contribution in [-0.2, 0) is 13.6 Å². The Morgan fingerprint density at radius 3 is 2.68 bits per heavy atom. The largest absolute Gasteiger partial charge is 0.368 e. The first-order chi connectivity index (χ1) is 9.02. The Hall–Kier alpha value is -2.42. The van der Waals surface area contributed by atoms with E-state index in [9.17, 15) is 8.78 Å². The average molecular weight is 262 g/mol. The van der Waals surface area contributed by atoms with Gasteiger partial charge in [-0.2, -0.15) is 10.4 Å². The molecule has 0 saturated heterocycles. The molecule has 0 N–H and O–H groups in total. The van der Waals surface area contributed by atoms with Gasteiger partial charge in [-0.25, -0.2) is 8.78 Å². The second-order valence-corrected chi connectivity index (χ2v) is 4.25. The van der Waals surface area contributed by atoms with E-state index in [4.69, 9.17) is 5.26 Å². The van der Waals surface area contributed by atoms with Gasteiger partial charge in [-0.05, 0) is 12.1 Å². The van der Waals surface area contributed by atoms with Crippen molar-refractivity contribution in [1.82, 2.24) is 9.78 Å². The van der Waals surface area contributed by atoms with Crippen LogP contribution in [0.5, 0.6) is 0 Å². The Morgan fingerprint density at radius 2 is 2.11 bits per heavy atom. The molecule has 0 spiro atoms. The molecule has 2 aromatic rings. The predicted molar refractivity (Wildman–Crippen MR) is 66.4 cm³/mol. The van der Waals surface area contributed by atoms with E-state index >= 15 is 0 Å². The Balaban J connectivity index is 2.27. The number of nitrogens with zero attached hydrogens (tertiary/aromatic N) is 4. The summed E-state index contributed by atoms with van der Waals surface area (Å²) >= 11 is 0. The van der Waals surface area contributed by atoms with Crippen LogP contribution in [0.25, 0.3) is 0 Å². The molecule has 0 amide bonds. The van der Waals surface area contributed by atoms with Gasteiger partial charge in [0.05, 0.1) is 17.4 Å². The zero-order valence-electron chi connectivity index (χ0n) is 10.6. The fourth-order valence-corrected chi connectivity index (χ4v) is 1.83. The predicted octanol–water partition coefficient (Wildman–Crippen LogP) is 2.21. The summed E-state index contributed by atoms with van der Waals surface area (Å²) in [6, 6.07) is 4.28. The molecule has 19 heavy (non-hydrogen) atoms. The van der Waals surface area contributed by atoms with E-state index in [0.717, 1.165) is 5.56 Å². The van der Waals surface area contributed by atoms with Crippen molar-refractivity contribution in [3.63, 3.8) is 0 Å². The Kier molecular flexibility index (Phi) is 3.47. The lowest BCUT2D eigenvalue weighted by Crippen LogP contribution is -2.18. The van der Waals surface area contributed by atoms with Crippen molar-refractivity contribution in [2.24, 2.45) is 7.05 Å². The summed E-state index contributed by atoms with van der Waals surface area (Å²) in [5, 5.41) is 12.6. The van der Waals surface area contributed by atoms with Crippen LogP contribution in [0.3, 0.4) is 0 Å². The quantitative estimate of drug-likeness (QED) is 0.851. The van der Waals surface area contributed by atoms with Gasteiger partial charge in [-0.1, -0.05) is 0 Å². The van der Waals surface area contributed by atoms with Crippen LogP contribution in [0, 0.1) is 23.0 Å². The first-order valence-corrected chi connectivity index (χ1v) is 5.59. The first kappa shape index (κ1) is 13.0. The highest BCUT2D eigenvalue weighted by atomic mass is 19.2. The molecule has 1 heterocycles. The number of nitriles is 1. The molecule has 0 aliphatic rings. The van der Waals surface area contributed by atoms with Crippen LogP contribution in [0.15, 0.2) is 24.5 Å². The molecule has 0 fully saturated rings. The van der Waals surface area contributed by atoms with Crippen LogP contribution >= 0.6 is 0 Å². The number of aromatic nitrogens is 2. The minimum absolute atomic E-state index is 0.111. The van der Waals surface area contributed by atoms with Gasteiger partial charge in [0.1, 0.15) is 6.07 Å². The zero-order valence-corrected chi connectivity index (χ0v) is 10.6. The number of rotatable bonds is 3. The van der Waals surface area contributed by atoms with Gasteiger partial charge in [0, 0.05) is 32.4 Å². The van der Waals surface area contributed by atoms with Crippen molar-refractivity contribution in [3.8, 4) is 6.07 Å². The highest BCUT2D eigenvalue weighted by Crippen LogP contribution is 2.24. The number of aryl methyl sites for hydroxylation is 1. The minimum atomic E-state index is -1.11. The number of hydrogen-bond donors (Lipinski definition) is 0. The topological polar surface area (TPSA) is 44.9 Å². The smallest absolute Gasteiger partial charge is 0.183 e. The zero-order chi connectivity index (χ0) is 14.0. The van der Waals surface area contributed by atoms with Gasteiger partial charge >= 0.3 is 0 Å². The third kappa shape index (κ3) is 2.55. The summed E-state index contributed by atoms with van der Waals surface area (Å²) in [5.74, 6) is -2.12. The number of benzene rings is 1. The summed E-state index contributed by atoms with van der Waals surface area (Å²) in [6.07, 6.45) is 3.46. The summed E-state index contributed by atoms with van der Waals surface area (Å²) in [4.78, 5) is 1.57. The third-order valence-corrected chi connectivity index (χ3v) is 2.77. The van der Waals surface area contributed by atoms with E-state index in [1.807, 2.05) is 0 Å². The third-order valence-electron chi connectivity index (χ3n) is 2.77. The van der Waals surface area contributed by atoms with Crippen LogP contribution in [0.4, 0.5) is 14.5 Å². The van der Waals surface area contributed by atoms with Crippen LogP contribution in [0.2, 0.25) is 0 Å². The van der Waals surface area contributed by atoms with Gasteiger partial charge in [0.2, 0.25) is 0 Å². The van der Waals surface area contributed by atoms with Gasteiger partial charge in [-0.15, -0.1) is 0 Å². The maximum Gasteiger partial charge on any atom is 0.183 e. The van der Waals surface area contributed by atoms with Gasteiger partial charge in [-0.3, -0.25) is 4.68 Å². The Labute approximate surface area is 109 Å². The fraction of sp³-hybridized carbons (Fsp3) is 0.231. The standard InChI is InChI=1S/C13H12F2N4/c1-18(7-9-6-17-19(2)8-9)11-4-3-10(5-16)12(14)13(11)15/h3-4,6,8H,7H2,1-2H3. The van der Waals surface area contributed by atoms with E-state index in [0.29, 0.717) is 6.54 Å². The second kappa shape index (κ2) is 5.06. The SMILES string of the molecule is CN(Cc1cnn(C)c1)c1ccc(C#N)c(F)c1F. The van der Waals surface area contributed by atoms with E-state index in [-0.39, 0.29) is 11.3 Å². The van der Waals surface area contributed by atoms with Gasteiger partial charge < -0.3 is 4.90 Å². The lowest BCUT2D eigenvalue weighted by molar-refractivity contribution is 0.505. The van der Waals surface area contributed by atoms with Crippen molar-refractivity contribution < 1.29 is 8.78 Å². The molecule has 0 atom stereocenters. The highest BCUT2D eigenvalue weighted by molar-refractivity contribution is 5.51. The van der Waals surface area contributed by atoms with E-state index in [2.05, 4.69) is 5.10 Å². The average Bonchev–Trinajstić information content (AvgIpc) is 2.78. The Morgan fingerprint density at radius 1 is 1.37 bits per heavy atom. The molecule has 98 valence electrons. The molecule has 4 nitrogen and oxygen atoms in total. The van der Waals surface area contributed by atoms with Gasteiger partial charge in [0.15, 0.2) is 11.6 Å². The maximum atomic E-state index is 13.8. The molecular formula is C13H12F2N4. The highest BCUT2D eigenvalue weighted by Gasteiger charge is 2.16. The fourth-order valence-electron chi connectivity index (χ4n) is 1.83. The molecule has 2 rings (SSSR count). The molecule has 6 heteroatoms. The lowest BCUT2D eigenvalue weighted by Gasteiger charge is -2.19. The summed E-state index contributed by atoms with van der Waals surface area (Å²) in [6.45, 7) is 0.399. The maximum absolute atomic E-state index is 13.8. The summed E-state index contributed by atoms with van der Waals surface area (Å²) in [7, 11) is 3.43. The van der Waals surface area contributed by atoms with E-state index in [1.165, 1.54) is 12.1 Å². The van der Waals surface area contributed by atoms with Gasteiger partial charge in [0.25, 0.3) is 0 Å². The van der Waals surface area contributed by atoms with Crippen LogP contribution < -0.4 is 4.90 Å². The molecule has 0 radical (unpaired) electrons. The molecule has 0 bridgehead atoms. The van der Waals surface area contributed by atoms with Crippen molar-refractivity contribution in [3.05, 3.63) is 47.3 Å². The van der Waals surface area contributed by atoms with Crippen molar-refractivity contribution in [1.29, 1.82) is 5.26 Å². The molecular weight excluding hydrogens is 250 g/mol. The van der Waals surface area contributed by atoms with Crippen LogP contribution in [-0.4, -0.2) is 16.8 Å². The first-order valence-electron chi connectivity index (χ1n) is 5.59. The summed E-state index contributed by atoms with van der Waals surface area (Å²) < 4.78 is 29.0. The molecule has 1 aromatic heterocycles. The second-order valence-electron chi connectivity index (χ2n) is 4.25. The van der Waals surface area contributed by atoms with Crippen molar-refractivity contribution in [2.45, 2.75) is 6.54 Å². The molecule has 0 saturated carbocycles. The molecule has 0 unspecified atom stereocenters. The van der Waals surface area contributed by atoms with Crippen molar-refractivity contribution >= 4 is 5.69 Å². The number of halogens is 2. The molecule has 0 aliphatic carbocycles.